The average Bonchev–Trinajstić information content (AvgIpc) is 2.04. The Kier molecular flexibility index (Phi) is 5.88. The number of carbonyl (C=O) groups is 2. The maximum atomic E-state index is 11.1. The zero-order chi connectivity index (χ0) is 10.3. The highest BCUT2D eigenvalue weighted by Gasteiger charge is 2.11. The molecule has 0 aromatic carbocycles. The molecule has 0 saturated heterocycles. The lowest BCUT2D eigenvalue weighted by Crippen LogP contribution is -2.41. The van der Waals surface area contributed by atoms with Gasteiger partial charge in [0.1, 0.15) is 0 Å². The maximum Gasteiger partial charge on any atom is 0.305 e. The summed E-state index contributed by atoms with van der Waals surface area (Å²) in [6, 6.07) is -0.515. The van der Waals surface area contributed by atoms with Crippen molar-refractivity contribution < 1.29 is 14.7 Å². The molecule has 0 saturated carbocycles. The molecular weight excluding hydrogens is 172 g/mol. The zero-order valence-corrected chi connectivity index (χ0v) is 7.75. The van der Waals surface area contributed by atoms with E-state index in [0.29, 0.717) is 6.42 Å². The summed E-state index contributed by atoms with van der Waals surface area (Å²) >= 11 is 0. The number of carboxylic acid groups (broad SMARTS) is 1. The Hall–Kier alpha value is -1.10. The van der Waals surface area contributed by atoms with Gasteiger partial charge < -0.3 is 16.2 Å². The summed E-state index contributed by atoms with van der Waals surface area (Å²) in [6.45, 7) is 2.08. The molecule has 13 heavy (non-hydrogen) atoms. The molecule has 0 radical (unpaired) electrons. The average molecular weight is 188 g/mol. The van der Waals surface area contributed by atoms with E-state index in [4.69, 9.17) is 10.8 Å². The fourth-order valence-corrected chi connectivity index (χ4v) is 0.866. The minimum Gasteiger partial charge on any atom is -0.481 e. The minimum absolute atomic E-state index is 0.0649. The van der Waals surface area contributed by atoms with Crippen LogP contribution in [-0.2, 0) is 9.59 Å². The Labute approximate surface area is 77.3 Å². The number of nitrogens with two attached hydrogens (primary N) is 1. The van der Waals surface area contributed by atoms with Crippen LogP contribution in [0.1, 0.15) is 26.2 Å². The molecule has 0 rings (SSSR count). The van der Waals surface area contributed by atoms with Crippen LogP contribution in [-0.4, -0.2) is 29.6 Å². The number of hydrogen-bond donors (Lipinski definition) is 3. The van der Waals surface area contributed by atoms with E-state index in [-0.39, 0.29) is 18.9 Å². The lowest BCUT2D eigenvalue weighted by molar-refractivity contribution is -0.136. The third-order valence-electron chi connectivity index (χ3n) is 1.57. The van der Waals surface area contributed by atoms with Crippen LogP contribution in [0.5, 0.6) is 0 Å². The molecular formula is C8H16N2O3. The number of carbonyl (C=O) groups excluding carboxylic acids is 1. The fraction of sp³-hybridized carbons (Fsp3) is 0.750. The summed E-state index contributed by atoms with van der Waals surface area (Å²) in [5.41, 5.74) is 5.49. The first-order valence-corrected chi connectivity index (χ1v) is 4.33. The molecule has 5 heteroatoms. The number of rotatable bonds is 6. The van der Waals surface area contributed by atoms with Gasteiger partial charge in [-0.3, -0.25) is 9.59 Å². The van der Waals surface area contributed by atoms with E-state index in [1.54, 1.807) is 0 Å². The summed E-state index contributed by atoms with van der Waals surface area (Å²) < 4.78 is 0. The number of carboxylic acids is 1. The third kappa shape index (κ3) is 6.10. The lowest BCUT2D eigenvalue weighted by atomic mass is 10.2. The second-order valence-corrected chi connectivity index (χ2v) is 2.83. The van der Waals surface area contributed by atoms with E-state index in [1.165, 1.54) is 0 Å². The molecule has 0 aromatic heterocycles. The first kappa shape index (κ1) is 11.9. The smallest absolute Gasteiger partial charge is 0.305 e. The third-order valence-corrected chi connectivity index (χ3v) is 1.57. The first-order valence-electron chi connectivity index (χ1n) is 4.33. The van der Waals surface area contributed by atoms with Crippen molar-refractivity contribution in [1.29, 1.82) is 0 Å². The van der Waals surface area contributed by atoms with Crippen LogP contribution in [0.15, 0.2) is 0 Å². The molecule has 0 aliphatic rings. The van der Waals surface area contributed by atoms with E-state index in [1.807, 2.05) is 6.92 Å². The number of amides is 1. The molecule has 0 aliphatic carbocycles. The topological polar surface area (TPSA) is 92.4 Å². The predicted octanol–water partition coefficient (Wildman–Crippen LogP) is -0.295. The molecule has 4 N–H and O–H groups in total. The zero-order valence-electron chi connectivity index (χ0n) is 7.75. The van der Waals surface area contributed by atoms with Crippen molar-refractivity contribution >= 4 is 11.9 Å². The van der Waals surface area contributed by atoms with Crippen LogP contribution in [0.3, 0.4) is 0 Å². The molecule has 0 aliphatic heterocycles. The number of aliphatic carboxylic acids is 1. The van der Waals surface area contributed by atoms with Crippen LogP contribution in [0.25, 0.3) is 0 Å². The molecule has 0 unspecified atom stereocenters. The van der Waals surface area contributed by atoms with E-state index < -0.39 is 12.0 Å². The minimum atomic E-state index is -0.927. The molecule has 1 atom stereocenters. The molecule has 76 valence electrons. The molecule has 0 spiro atoms. The van der Waals surface area contributed by atoms with Gasteiger partial charge in [0.25, 0.3) is 0 Å². The summed E-state index contributed by atoms with van der Waals surface area (Å²) in [5.74, 6) is -1.20. The number of nitrogens with one attached hydrogen (secondary N) is 1. The van der Waals surface area contributed by atoms with Gasteiger partial charge in [-0.1, -0.05) is 13.3 Å². The molecule has 0 bridgehead atoms. The van der Waals surface area contributed by atoms with Gasteiger partial charge in [0, 0.05) is 6.54 Å². The van der Waals surface area contributed by atoms with Crippen molar-refractivity contribution in [3.63, 3.8) is 0 Å². The first-order chi connectivity index (χ1) is 6.07. The quantitative estimate of drug-likeness (QED) is 0.533. The van der Waals surface area contributed by atoms with Gasteiger partial charge in [0.2, 0.25) is 5.91 Å². The van der Waals surface area contributed by atoms with E-state index in [2.05, 4.69) is 5.32 Å². The summed E-state index contributed by atoms with van der Waals surface area (Å²) in [7, 11) is 0. The molecule has 0 aromatic rings. The highest BCUT2D eigenvalue weighted by atomic mass is 16.4. The van der Waals surface area contributed by atoms with Crippen LogP contribution >= 0.6 is 0 Å². The Morgan fingerprint density at radius 3 is 2.62 bits per heavy atom. The van der Waals surface area contributed by atoms with E-state index in [0.717, 1.165) is 6.42 Å². The van der Waals surface area contributed by atoms with Gasteiger partial charge in [-0.25, -0.2) is 0 Å². The van der Waals surface area contributed by atoms with Gasteiger partial charge >= 0.3 is 5.97 Å². The summed E-state index contributed by atoms with van der Waals surface area (Å²) in [5, 5.41) is 10.7. The summed E-state index contributed by atoms with van der Waals surface area (Å²) in [4.78, 5) is 21.2. The largest absolute Gasteiger partial charge is 0.481 e. The van der Waals surface area contributed by atoms with Crippen molar-refractivity contribution in [2.24, 2.45) is 5.73 Å². The van der Waals surface area contributed by atoms with Crippen LogP contribution in [0.4, 0.5) is 0 Å². The van der Waals surface area contributed by atoms with Gasteiger partial charge in [0.15, 0.2) is 0 Å². The van der Waals surface area contributed by atoms with Gasteiger partial charge in [-0.2, -0.15) is 0 Å². The summed E-state index contributed by atoms with van der Waals surface area (Å²) in [6.07, 6.45) is 1.40. The Bertz CT molecular complexity index is 182. The number of hydrogen-bond acceptors (Lipinski definition) is 3. The molecule has 0 heterocycles. The highest BCUT2D eigenvalue weighted by molar-refractivity contribution is 5.81. The molecule has 1 amide bonds. The van der Waals surface area contributed by atoms with Crippen molar-refractivity contribution in [2.75, 3.05) is 6.54 Å². The SMILES string of the molecule is CCC[C@H](N)C(=O)NCCC(=O)O. The predicted molar refractivity (Wildman–Crippen MR) is 48.1 cm³/mol. The van der Waals surface area contributed by atoms with Crippen molar-refractivity contribution in [2.45, 2.75) is 32.2 Å². The monoisotopic (exact) mass is 188 g/mol. The van der Waals surface area contributed by atoms with Gasteiger partial charge in [0.05, 0.1) is 12.5 Å². The van der Waals surface area contributed by atoms with Crippen molar-refractivity contribution in [3.05, 3.63) is 0 Å². The van der Waals surface area contributed by atoms with E-state index >= 15 is 0 Å². The van der Waals surface area contributed by atoms with Gasteiger partial charge in [-0.15, -0.1) is 0 Å². The fourth-order valence-electron chi connectivity index (χ4n) is 0.866. The van der Waals surface area contributed by atoms with Crippen molar-refractivity contribution in [1.82, 2.24) is 5.32 Å². The Balaban J connectivity index is 3.55. The molecule has 5 nitrogen and oxygen atoms in total. The second kappa shape index (κ2) is 6.42. The molecule has 0 fully saturated rings. The normalized spacial score (nSPS) is 12.2. The Morgan fingerprint density at radius 1 is 1.54 bits per heavy atom. The second-order valence-electron chi connectivity index (χ2n) is 2.83. The maximum absolute atomic E-state index is 11.1. The highest BCUT2D eigenvalue weighted by Crippen LogP contribution is 1.92. The van der Waals surface area contributed by atoms with Crippen molar-refractivity contribution in [3.8, 4) is 0 Å². The standard InChI is InChI=1S/C8H16N2O3/c1-2-3-6(9)8(13)10-5-4-7(11)12/h6H,2-5,9H2,1H3,(H,10,13)(H,11,12)/t6-/m0/s1. The van der Waals surface area contributed by atoms with Crippen LogP contribution in [0, 0.1) is 0 Å². The van der Waals surface area contributed by atoms with E-state index in [9.17, 15) is 9.59 Å². The Morgan fingerprint density at radius 2 is 2.15 bits per heavy atom. The lowest BCUT2D eigenvalue weighted by Gasteiger charge is -2.09. The van der Waals surface area contributed by atoms with Crippen LogP contribution in [0.2, 0.25) is 0 Å². The van der Waals surface area contributed by atoms with Gasteiger partial charge in [-0.05, 0) is 6.42 Å². The van der Waals surface area contributed by atoms with Crippen LogP contribution < -0.4 is 11.1 Å².